The quantitative estimate of drug-likeness (QED) is 0.835. The van der Waals surface area contributed by atoms with Gasteiger partial charge in [-0.05, 0) is 37.8 Å². The summed E-state index contributed by atoms with van der Waals surface area (Å²) in [4.78, 5) is 12.0. The van der Waals surface area contributed by atoms with Gasteiger partial charge in [0.2, 0.25) is 15.9 Å². The van der Waals surface area contributed by atoms with Crippen molar-refractivity contribution in [2.45, 2.75) is 34.1 Å². The Labute approximate surface area is 133 Å². The molecule has 0 heterocycles. The summed E-state index contributed by atoms with van der Waals surface area (Å²) >= 11 is 0. The van der Waals surface area contributed by atoms with E-state index in [1.165, 1.54) is 0 Å². The summed E-state index contributed by atoms with van der Waals surface area (Å²) in [6.45, 7) is 8.30. The third-order valence-electron chi connectivity index (χ3n) is 3.35. The lowest BCUT2D eigenvalue weighted by molar-refractivity contribution is -0.119. The molecule has 124 valence electrons. The van der Waals surface area contributed by atoms with Gasteiger partial charge in [-0.3, -0.25) is 9.10 Å². The van der Waals surface area contributed by atoms with E-state index in [2.05, 4.69) is 19.2 Å². The number of nitrogens with zero attached hydrogens (tertiary/aromatic N) is 1. The molecule has 0 aliphatic rings. The molecule has 1 aromatic carbocycles. The fourth-order valence-electron chi connectivity index (χ4n) is 2.15. The molecule has 0 saturated carbocycles. The van der Waals surface area contributed by atoms with Gasteiger partial charge in [-0.25, -0.2) is 8.42 Å². The number of benzene rings is 1. The number of anilines is 1. The summed E-state index contributed by atoms with van der Waals surface area (Å²) in [5.41, 5.74) is 2.43. The van der Waals surface area contributed by atoms with E-state index < -0.39 is 10.0 Å². The molecule has 0 spiro atoms. The number of amides is 1. The van der Waals surface area contributed by atoms with Crippen LogP contribution in [0.3, 0.4) is 0 Å². The van der Waals surface area contributed by atoms with Crippen LogP contribution in [0.2, 0.25) is 0 Å². The van der Waals surface area contributed by atoms with E-state index in [0.29, 0.717) is 18.2 Å². The molecule has 1 rings (SSSR count). The highest BCUT2D eigenvalue weighted by molar-refractivity contribution is 7.92. The van der Waals surface area contributed by atoms with E-state index in [-0.39, 0.29) is 12.5 Å². The molecule has 22 heavy (non-hydrogen) atoms. The average molecular weight is 326 g/mol. The number of hydrogen-bond acceptors (Lipinski definition) is 3. The van der Waals surface area contributed by atoms with Gasteiger partial charge in [0.15, 0.2) is 0 Å². The molecule has 0 aliphatic heterocycles. The Morgan fingerprint density at radius 2 is 1.91 bits per heavy atom. The maximum absolute atomic E-state index is 12.0. The number of nitrogens with one attached hydrogen (secondary N) is 1. The normalized spacial score (nSPS) is 11.5. The largest absolute Gasteiger partial charge is 0.355 e. The molecule has 0 saturated heterocycles. The van der Waals surface area contributed by atoms with Crippen molar-refractivity contribution >= 4 is 21.6 Å². The van der Waals surface area contributed by atoms with Crippen molar-refractivity contribution in [3.8, 4) is 0 Å². The number of carbonyl (C=O) groups is 1. The van der Waals surface area contributed by atoms with Crippen molar-refractivity contribution in [1.82, 2.24) is 5.32 Å². The number of aryl methyl sites for hydroxylation is 2. The predicted molar refractivity (Wildman–Crippen MR) is 90.6 cm³/mol. The minimum absolute atomic E-state index is 0.194. The second kappa shape index (κ2) is 7.63. The molecular formula is C16H26N2O3S. The van der Waals surface area contributed by atoms with Gasteiger partial charge < -0.3 is 5.32 Å². The number of carbonyl (C=O) groups excluding carboxylic acids is 1. The van der Waals surface area contributed by atoms with E-state index in [9.17, 15) is 13.2 Å². The van der Waals surface area contributed by atoms with E-state index in [1.54, 1.807) is 6.07 Å². The third kappa shape index (κ3) is 5.67. The lowest BCUT2D eigenvalue weighted by atomic mass is 10.1. The van der Waals surface area contributed by atoms with E-state index in [4.69, 9.17) is 0 Å². The van der Waals surface area contributed by atoms with Gasteiger partial charge in [-0.1, -0.05) is 31.5 Å². The molecule has 5 nitrogen and oxygen atoms in total. The highest BCUT2D eigenvalue weighted by Crippen LogP contribution is 2.23. The van der Waals surface area contributed by atoms with Gasteiger partial charge >= 0.3 is 0 Å². The molecule has 0 atom stereocenters. The fraction of sp³-hybridized carbons (Fsp3) is 0.562. The van der Waals surface area contributed by atoms with E-state index in [1.807, 2.05) is 26.0 Å². The molecule has 1 N–H and O–H groups in total. The minimum Gasteiger partial charge on any atom is -0.355 e. The van der Waals surface area contributed by atoms with Crippen LogP contribution >= 0.6 is 0 Å². The van der Waals surface area contributed by atoms with Gasteiger partial charge in [0, 0.05) is 6.54 Å². The molecular weight excluding hydrogens is 300 g/mol. The summed E-state index contributed by atoms with van der Waals surface area (Å²) in [6.07, 6.45) is 1.99. The molecule has 6 heteroatoms. The third-order valence-corrected chi connectivity index (χ3v) is 4.48. The van der Waals surface area contributed by atoms with Gasteiger partial charge in [-0.15, -0.1) is 0 Å². The van der Waals surface area contributed by atoms with Crippen LogP contribution in [-0.4, -0.2) is 33.7 Å². The van der Waals surface area contributed by atoms with Crippen LogP contribution in [0, 0.1) is 19.8 Å². The fourth-order valence-corrected chi connectivity index (χ4v) is 3.07. The second-order valence-corrected chi connectivity index (χ2v) is 8.00. The minimum atomic E-state index is -3.52. The number of hydrogen-bond donors (Lipinski definition) is 1. The highest BCUT2D eigenvalue weighted by Gasteiger charge is 2.22. The molecule has 0 bridgehead atoms. The smallest absolute Gasteiger partial charge is 0.240 e. The molecule has 1 aromatic rings. The Balaban J connectivity index is 2.89. The van der Waals surface area contributed by atoms with Crippen molar-refractivity contribution in [1.29, 1.82) is 0 Å². The lowest BCUT2D eigenvalue weighted by Crippen LogP contribution is -2.41. The Bertz CT molecular complexity index is 624. The SMILES string of the molecule is Cc1ccc(N(CC(=O)NCCC(C)C)S(C)(=O)=O)c(C)c1. The van der Waals surface area contributed by atoms with Crippen molar-refractivity contribution in [3.63, 3.8) is 0 Å². The van der Waals surface area contributed by atoms with Gasteiger partial charge in [0.25, 0.3) is 0 Å². The summed E-state index contributed by atoms with van der Waals surface area (Å²) in [6, 6.07) is 5.49. The van der Waals surface area contributed by atoms with Crippen molar-refractivity contribution in [2.75, 3.05) is 23.7 Å². The first-order valence-corrected chi connectivity index (χ1v) is 9.27. The zero-order valence-electron chi connectivity index (χ0n) is 14.0. The first kappa shape index (κ1) is 18.5. The first-order chi connectivity index (χ1) is 10.1. The Morgan fingerprint density at radius 1 is 1.27 bits per heavy atom. The lowest BCUT2D eigenvalue weighted by Gasteiger charge is -2.24. The van der Waals surface area contributed by atoms with Crippen LogP contribution in [0.5, 0.6) is 0 Å². The maximum Gasteiger partial charge on any atom is 0.240 e. The molecule has 0 unspecified atom stereocenters. The maximum atomic E-state index is 12.0. The zero-order valence-corrected chi connectivity index (χ0v) is 14.8. The van der Waals surface area contributed by atoms with Crippen LogP contribution in [0.25, 0.3) is 0 Å². The highest BCUT2D eigenvalue weighted by atomic mass is 32.2. The van der Waals surface area contributed by atoms with Crippen molar-refractivity contribution in [3.05, 3.63) is 29.3 Å². The average Bonchev–Trinajstić information content (AvgIpc) is 2.35. The Morgan fingerprint density at radius 3 is 2.41 bits per heavy atom. The van der Waals surface area contributed by atoms with E-state index >= 15 is 0 Å². The van der Waals surface area contributed by atoms with Gasteiger partial charge in [-0.2, -0.15) is 0 Å². The molecule has 0 aliphatic carbocycles. The Hall–Kier alpha value is -1.56. The Kier molecular flexibility index (Phi) is 6.41. The van der Waals surface area contributed by atoms with Crippen molar-refractivity contribution in [2.24, 2.45) is 5.92 Å². The standard InChI is InChI=1S/C16H26N2O3S/c1-12(2)8-9-17-16(19)11-18(22(5,20)21)15-7-6-13(3)10-14(15)4/h6-7,10,12H,8-9,11H2,1-5H3,(H,17,19). The summed E-state index contributed by atoms with van der Waals surface area (Å²) in [5, 5.41) is 2.77. The van der Waals surface area contributed by atoms with Gasteiger partial charge in [0.05, 0.1) is 11.9 Å². The van der Waals surface area contributed by atoms with Crippen LogP contribution in [0.4, 0.5) is 5.69 Å². The molecule has 0 aromatic heterocycles. The van der Waals surface area contributed by atoms with Gasteiger partial charge in [0.1, 0.15) is 6.54 Å². The first-order valence-electron chi connectivity index (χ1n) is 7.43. The van der Waals surface area contributed by atoms with Crippen LogP contribution in [-0.2, 0) is 14.8 Å². The molecule has 1 amide bonds. The summed E-state index contributed by atoms with van der Waals surface area (Å²) in [5.74, 6) is 0.205. The van der Waals surface area contributed by atoms with Crippen LogP contribution < -0.4 is 9.62 Å². The number of sulfonamides is 1. The number of rotatable bonds is 7. The monoisotopic (exact) mass is 326 g/mol. The van der Waals surface area contributed by atoms with Crippen LogP contribution in [0.1, 0.15) is 31.4 Å². The molecule has 0 fully saturated rings. The topological polar surface area (TPSA) is 66.5 Å². The summed E-state index contributed by atoms with van der Waals surface area (Å²) < 4.78 is 25.2. The predicted octanol–water partition coefficient (Wildman–Crippen LogP) is 2.23. The second-order valence-electron chi connectivity index (χ2n) is 6.09. The summed E-state index contributed by atoms with van der Waals surface area (Å²) in [7, 11) is -3.52. The van der Waals surface area contributed by atoms with E-state index in [0.717, 1.165) is 28.1 Å². The van der Waals surface area contributed by atoms with Crippen molar-refractivity contribution < 1.29 is 13.2 Å². The zero-order chi connectivity index (χ0) is 16.9. The molecule has 0 radical (unpaired) electrons. The van der Waals surface area contributed by atoms with Crippen LogP contribution in [0.15, 0.2) is 18.2 Å².